The van der Waals surface area contributed by atoms with E-state index in [1.54, 1.807) is 0 Å². The third-order valence-corrected chi connectivity index (χ3v) is 2.32. The fourth-order valence-corrected chi connectivity index (χ4v) is 1.48. The monoisotopic (exact) mass is 242 g/mol. The Morgan fingerprint density at radius 3 is 2.71 bits per heavy atom. The summed E-state index contributed by atoms with van der Waals surface area (Å²) in [6.45, 7) is 0.162. The summed E-state index contributed by atoms with van der Waals surface area (Å²) in [6, 6.07) is 4.86. The SMILES string of the molecule is NCc1cnoc1-c1cccc(C(F)(F)F)c1. The third-order valence-electron chi connectivity index (χ3n) is 2.32. The Kier molecular flexibility index (Phi) is 2.89. The number of halogens is 3. The number of alkyl halides is 3. The van der Waals surface area contributed by atoms with Gasteiger partial charge in [-0.25, -0.2) is 0 Å². The van der Waals surface area contributed by atoms with Crippen LogP contribution in [-0.4, -0.2) is 5.16 Å². The van der Waals surface area contributed by atoms with Gasteiger partial charge in [0.2, 0.25) is 0 Å². The van der Waals surface area contributed by atoms with Gasteiger partial charge in [-0.3, -0.25) is 0 Å². The van der Waals surface area contributed by atoms with Crippen LogP contribution in [0.1, 0.15) is 11.1 Å². The minimum atomic E-state index is -4.38. The van der Waals surface area contributed by atoms with Crippen molar-refractivity contribution >= 4 is 0 Å². The maximum atomic E-state index is 12.5. The zero-order valence-electron chi connectivity index (χ0n) is 8.66. The lowest BCUT2D eigenvalue weighted by atomic mass is 10.1. The average molecular weight is 242 g/mol. The first kappa shape index (κ1) is 11.7. The van der Waals surface area contributed by atoms with Gasteiger partial charge in [0.25, 0.3) is 0 Å². The van der Waals surface area contributed by atoms with E-state index < -0.39 is 11.7 Å². The van der Waals surface area contributed by atoms with Gasteiger partial charge < -0.3 is 10.3 Å². The van der Waals surface area contributed by atoms with E-state index in [2.05, 4.69) is 5.16 Å². The predicted molar refractivity (Wildman–Crippen MR) is 54.8 cm³/mol. The molecule has 0 aliphatic rings. The van der Waals surface area contributed by atoms with Gasteiger partial charge >= 0.3 is 6.18 Å². The summed E-state index contributed by atoms with van der Waals surface area (Å²) in [5.41, 5.74) is 5.60. The van der Waals surface area contributed by atoms with Crippen LogP contribution in [0.25, 0.3) is 11.3 Å². The smallest absolute Gasteiger partial charge is 0.356 e. The average Bonchev–Trinajstić information content (AvgIpc) is 2.76. The zero-order chi connectivity index (χ0) is 12.5. The summed E-state index contributed by atoms with van der Waals surface area (Å²) in [5.74, 6) is 0.276. The molecule has 0 atom stereocenters. The quantitative estimate of drug-likeness (QED) is 0.880. The van der Waals surface area contributed by atoms with Gasteiger partial charge in [0.15, 0.2) is 5.76 Å². The molecule has 90 valence electrons. The topological polar surface area (TPSA) is 52.0 Å². The molecule has 0 bridgehead atoms. The maximum Gasteiger partial charge on any atom is 0.416 e. The normalized spacial score (nSPS) is 11.8. The van der Waals surface area contributed by atoms with Gasteiger partial charge in [0.1, 0.15) is 0 Å². The number of nitrogens with zero attached hydrogens (tertiary/aromatic N) is 1. The van der Waals surface area contributed by atoms with Crippen molar-refractivity contribution in [3.63, 3.8) is 0 Å². The van der Waals surface area contributed by atoms with Crippen molar-refractivity contribution in [2.75, 3.05) is 0 Å². The Hall–Kier alpha value is -1.82. The molecule has 0 aliphatic carbocycles. The number of aromatic nitrogens is 1. The molecule has 1 heterocycles. The summed E-state index contributed by atoms with van der Waals surface area (Å²) < 4.78 is 42.5. The third kappa shape index (κ3) is 2.31. The van der Waals surface area contributed by atoms with Crippen molar-refractivity contribution in [1.82, 2.24) is 5.16 Å². The number of rotatable bonds is 2. The van der Waals surface area contributed by atoms with E-state index in [1.165, 1.54) is 18.3 Å². The van der Waals surface area contributed by atoms with Gasteiger partial charge in [-0.15, -0.1) is 0 Å². The lowest BCUT2D eigenvalue weighted by Gasteiger charge is -2.07. The fraction of sp³-hybridized carbons (Fsp3) is 0.182. The summed E-state index contributed by atoms with van der Waals surface area (Å²) in [6.07, 6.45) is -2.98. The van der Waals surface area contributed by atoms with Crippen LogP contribution in [-0.2, 0) is 12.7 Å². The highest BCUT2D eigenvalue weighted by Gasteiger charge is 2.30. The molecule has 0 spiro atoms. The summed E-state index contributed by atoms with van der Waals surface area (Å²) in [7, 11) is 0. The summed E-state index contributed by atoms with van der Waals surface area (Å²) in [4.78, 5) is 0. The molecular weight excluding hydrogens is 233 g/mol. The molecule has 1 aromatic heterocycles. The van der Waals surface area contributed by atoms with Gasteiger partial charge in [-0.1, -0.05) is 17.3 Å². The Bertz CT molecular complexity index is 519. The largest absolute Gasteiger partial charge is 0.416 e. The standard InChI is InChI=1S/C11H9F3N2O/c12-11(13,14)9-3-1-2-7(4-9)10-8(5-15)6-16-17-10/h1-4,6H,5,15H2. The van der Waals surface area contributed by atoms with Crippen molar-refractivity contribution in [2.45, 2.75) is 12.7 Å². The van der Waals surface area contributed by atoms with E-state index in [1.807, 2.05) is 0 Å². The number of nitrogens with two attached hydrogens (primary N) is 1. The van der Waals surface area contributed by atoms with Crippen molar-refractivity contribution in [3.8, 4) is 11.3 Å². The highest BCUT2D eigenvalue weighted by Crippen LogP contribution is 2.32. The molecule has 2 aromatic rings. The van der Waals surface area contributed by atoms with Crippen molar-refractivity contribution < 1.29 is 17.7 Å². The molecule has 2 N–H and O–H groups in total. The molecular formula is C11H9F3N2O. The number of hydrogen-bond acceptors (Lipinski definition) is 3. The lowest BCUT2D eigenvalue weighted by molar-refractivity contribution is -0.137. The van der Waals surface area contributed by atoms with E-state index in [-0.39, 0.29) is 12.3 Å². The first-order valence-electron chi connectivity index (χ1n) is 4.83. The Morgan fingerprint density at radius 1 is 1.29 bits per heavy atom. The van der Waals surface area contributed by atoms with Crippen LogP contribution in [0, 0.1) is 0 Å². The van der Waals surface area contributed by atoms with E-state index in [0.29, 0.717) is 11.1 Å². The van der Waals surface area contributed by atoms with Gasteiger partial charge in [-0.2, -0.15) is 13.2 Å². The molecule has 1 aromatic carbocycles. The van der Waals surface area contributed by atoms with Crippen LogP contribution in [0.15, 0.2) is 35.0 Å². The van der Waals surface area contributed by atoms with Gasteiger partial charge in [-0.05, 0) is 12.1 Å². The van der Waals surface area contributed by atoms with E-state index in [9.17, 15) is 13.2 Å². The van der Waals surface area contributed by atoms with Crippen molar-refractivity contribution in [1.29, 1.82) is 0 Å². The van der Waals surface area contributed by atoms with E-state index >= 15 is 0 Å². The van der Waals surface area contributed by atoms with Crippen molar-refractivity contribution in [3.05, 3.63) is 41.6 Å². The fourth-order valence-electron chi connectivity index (χ4n) is 1.48. The molecule has 0 saturated heterocycles. The molecule has 0 fully saturated rings. The molecule has 17 heavy (non-hydrogen) atoms. The molecule has 0 saturated carbocycles. The zero-order valence-corrected chi connectivity index (χ0v) is 8.66. The first-order valence-corrected chi connectivity index (χ1v) is 4.83. The van der Waals surface area contributed by atoms with E-state index in [4.69, 9.17) is 10.3 Å². The molecule has 2 rings (SSSR count). The highest BCUT2D eigenvalue weighted by atomic mass is 19.4. The van der Waals surface area contributed by atoms with Crippen LogP contribution < -0.4 is 5.73 Å². The van der Waals surface area contributed by atoms with Gasteiger partial charge in [0.05, 0.1) is 11.8 Å². The van der Waals surface area contributed by atoms with Gasteiger partial charge in [0, 0.05) is 17.7 Å². The first-order chi connectivity index (χ1) is 8.02. The molecule has 6 heteroatoms. The molecule has 0 unspecified atom stereocenters. The number of hydrogen-bond donors (Lipinski definition) is 1. The number of benzene rings is 1. The Balaban J connectivity index is 2.47. The highest BCUT2D eigenvalue weighted by molar-refractivity contribution is 5.61. The minimum Gasteiger partial charge on any atom is -0.356 e. The molecule has 0 radical (unpaired) electrons. The second-order valence-corrected chi connectivity index (χ2v) is 3.46. The molecule has 0 amide bonds. The van der Waals surface area contributed by atoms with Crippen LogP contribution >= 0.6 is 0 Å². The van der Waals surface area contributed by atoms with Crippen LogP contribution in [0.5, 0.6) is 0 Å². The molecule has 3 nitrogen and oxygen atoms in total. The van der Waals surface area contributed by atoms with E-state index in [0.717, 1.165) is 12.1 Å². The van der Waals surface area contributed by atoms with Crippen LogP contribution in [0.3, 0.4) is 0 Å². The summed E-state index contributed by atoms with van der Waals surface area (Å²) >= 11 is 0. The minimum absolute atomic E-state index is 0.162. The second kappa shape index (κ2) is 4.21. The van der Waals surface area contributed by atoms with Crippen LogP contribution in [0.2, 0.25) is 0 Å². The Morgan fingerprint density at radius 2 is 2.06 bits per heavy atom. The second-order valence-electron chi connectivity index (χ2n) is 3.46. The summed E-state index contributed by atoms with van der Waals surface area (Å²) in [5, 5.41) is 3.52. The molecule has 0 aliphatic heterocycles. The van der Waals surface area contributed by atoms with Crippen LogP contribution in [0.4, 0.5) is 13.2 Å². The maximum absolute atomic E-state index is 12.5. The van der Waals surface area contributed by atoms with Crippen molar-refractivity contribution in [2.24, 2.45) is 5.73 Å². The Labute approximate surface area is 95.0 Å². The predicted octanol–water partition coefficient (Wildman–Crippen LogP) is 2.82. The lowest BCUT2D eigenvalue weighted by Crippen LogP contribution is -2.04.